The second-order valence-electron chi connectivity index (χ2n) is 12.4. The van der Waals surface area contributed by atoms with Gasteiger partial charge in [0.15, 0.2) is 0 Å². The lowest BCUT2D eigenvalue weighted by Crippen LogP contribution is -2.36. The highest BCUT2D eigenvalue weighted by atomic mass is 19.1. The smallest absolute Gasteiger partial charge is 0.412 e. The van der Waals surface area contributed by atoms with Gasteiger partial charge in [-0.2, -0.15) is 8.78 Å². The molecule has 2 atom stereocenters. The number of allylic oxidation sites excluding steroid dienone is 2. The van der Waals surface area contributed by atoms with Crippen molar-refractivity contribution < 1.29 is 23.4 Å². The van der Waals surface area contributed by atoms with E-state index in [1.54, 1.807) is 6.07 Å². The number of halogens is 2. The lowest BCUT2D eigenvalue weighted by Gasteiger charge is -2.34. The van der Waals surface area contributed by atoms with Crippen LogP contribution < -0.4 is 38.3 Å². The molecule has 13 nitrogen and oxygen atoms in total. The van der Waals surface area contributed by atoms with Crippen molar-refractivity contribution in [1.29, 1.82) is 0 Å². The van der Waals surface area contributed by atoms with Crippen LogP contribution in [0.5, 0.6) is 11.5 Å². The number of nitrogens with one attached hydrogen (secondary N) is 3. The Morgan fingerprint density at radius 3 is 2.22 bits per heavy atom. The predicted molar refractivity (Wildman–Crippen MR) is 181 cm³/mol. The van der Waals surface area contributed by atoms with Crippen molar-refractivity contribution in [3.63, 3.8) is 0 Å². The summed E-state index contributed by atoms with van der Waals surface area (Å²) in [4.78, 5) is 60.9. The van der Waals surface area contributed by atoms with Crippen LogP contribution in [0, 0.1) is 23.5 Å². The Hall–Kier alpha value is -4.79. The number of ether oxygens (including phenoxy) is 1. The maximum absolute atomic E-state index is 13.5. The van der Waals surface area contributed by atoms with E-state index in [0.29, 0.717) is 17.2 Å². The fourth-order valence-corrected chi connectivity index (χ4v) is 5.79. The molecule has 1 amide bonds. The van der Waals surface area contributed by atoms with Crippen LogP contribution in [0.25, 0.3) is 0 Å². The Morgan fingerprint density at radius 2 is 1.65 bits per heavy atom. The van der Waals surface area contributed by atoms with Gasteiger partial charge in [-0.15, -0.1) is 0 Å². The van der Waals surface area contributed by atoms with Gasteiger partial charge in [0, 0.05) is 37.7 Å². The number of amides is 1. The number of phenols is 1. The van der Waals surface area contributed by atoms with E-state index in [1.807, 2.05) is 16.0 Å². The summed E-state index contributed by atoms with van der Waals surface area (Å²) >= 11 is 0. The lowest BCUT2D eigenvalue weighted by atomic mass is 9.71. The Labute approximate surface area is 281 Å². The second-order valence-corrected chi connectivity index (χ2v) is 12.4. The normalized spacial score (nSPS) is 15.7. The summed E-state index contributed by atoms with van der Waals surface area (Å²) in [7, 11) is 0. The molecule has 268 valence electrons. The van der Waals surface area contributed by atoms with E-state index < -0.39 is 40.2 Å². The highest BCUT2D eigenvalue weighted by molar-refractivity contribution is 5.71. The average molecular weight is 689 g/mol. The van der Waals surface area contributed by atoms with Crippen molar-refractivity contribution in [2.45, 2.75) is 85.2 Å². The molecule has 0 fully saturated rings. The van der Waals surface area contributed by atoms with E-state index in [4.69, 9.17) is 10.5 Å². The maximum Gasteiger partial charge on any atom is 0.412 e. The molecule has 4 rings (SSSR count). The molecule has 15 heteroatoms. The summed E-state index contributed by atoms with van der Waals surface area (Å²) in [5.41, 5.74) is 4.36. The zero-order valence-corrected chi connectivity index (χ0v) is 28.3. The number of H-pyrrole nitrogens is 2. The number of aromatic amines is 2. The number of phenolic OH excluding ortho intramolecular Hbond substituents is 1. The zero-order chi connectivity index (χ0) is 36.2. The first-order valence-corrected chi connectivity index (χ1v) is 16.4. The van der Waals surface area contributed by atoms with E-state index in [2.05, 4.69) is 39.1 Å². The van der Waals surface area contributed by atoms with E-state index in [0.717, 1.165) is 65.6 Å². The third kappa shape index (κ3) is 10.9. The molecule has 0 spiro atoms. The minimum atomic E-state index is -1.09. The van der Waals surface area contributed by atoms with Gasteiger partial charge in [0.25, 0.3) is 11.1 Å². The number of carbonyl (C=O) groups excluding carboxylic acids is 1. The molecule has 49 heavy (non-hydrogen) atoms. The van der Waals surface area contributed by atoms with Gasteiger partial charge in [-0.1, -0.05) is 45.3 Å². The van der Waals surface area contributed by atoms with Crippen molar-refractivity contribution in [2.24, 2.45) is 17.6 Å². The molecule has 0 bridgehead atoms. The first-order valence-electron chi connectivity index (χ1n) is 16.4. The molecule has 1 aliphatic rings. The molecule has 1 aliphatic carbocycles. The fraction of sp³-hybridized carbons (Fsp3) is 0.500. The quantitative estimate of drug-likeness (QED) is 0.141. The van der Waals surface area contributed by atoms with E-state index in [9.17, 15) is 37.9 Å². The molecular weight excluding hydrogens is 642 g/mol. The van der Waals surface area contributed by atoms with Crippen LogP contribution in [0.15, 0.2) is 55.4 Å². The summed E-state index contributed by atoms with van der Waals surface area (Å²) in [6, 6.07) is 3.61. The minimum absolute atomic E-state index is 0.0290. The zero-order valence-electron chi connectivity index (χ0n) is 28.3. The number of aromatic nitrogens is 4. The standard InChI is InChI=1S/C28H38FN3O5.C6H8FN3O2/c1-5-6-7-8-19-14-23(33)25(21-13-18(4)9-10-20(21)17(2)3)24(15-19)37-28(36)30-11-12-32-16-22(29)26(34)31-27(32)35;7-4-3-10(2-1-8)6(12)9-5(4)11/h13-17,20-21,33H,5-12H2,1-4H3,(H,30,36)(H,31,34,35);3H,1-2,8H2,(H,9,11,12)/t20-,21+;/m0./s1. The van der Waals surface area contributed by atoms with E-state index >= 15 is 0 Å². The fourth-order valence-electron chi connectivity index (χ4n) is 5.79. The van der Waals surface area contributed by atoms with Gasteiger partial charge in [0.05, 0.1) is 12.4 Å². The minimum Gasteiger partial charge on any atom is -0.507 e. The number of nitrogens with zero attached hydrogens (tertiary/aromatic N) is 2. The van der Waals surface area contributed by atoms with Crippen LogP contribution in [0.3, 0.4) is 0 Å². The molecule has 0 aliphatic heterocycles. The van der Waals surface area contributed by atoms with Gasteiger partial charge in [-0.3, -0.25) is 28.7 Å². The molecule has 0 saturated carbocycles. The molecule has 0 radical (unpaired) electrons. The third-order valence-electron chi connectivity index (χ3n) is 8.37. The van der Waals surface area contributed by atoms with Gasteiger partial charge < -0.3 is 20.9 Å². The first kappa shape index (κ1) is 38.7. The highest BCUT2D eigenvalue weighted by Gasteiger charge is 2.32. The van der Waals surface area contributed by atoms with Gasteiger partial charge >= 0.3 is 17.5 Å². The molecule has 0 saturated heterocycles. The topological polar surface area (TPSA) is 194 Å². The number of benzene rings is 1. The Kier molecular flexibility index (Phi) is 14.3. The van der Waals surface area contributed by atoms with Crippen LogP contribution in [-0.4, -0.2) is 43.4 Å². The lowest BCUT2D eigenvalue weighted by molar-refractivity contribution is 0.198. The summed E-state index contributed by atoms with van der Waals surface area (Å²) < 4.78 is 33.8. The first-order chi connectivity index (χ1) is 23.2. The van der Waals surface area contributed by atoms with Crippen LogP contribution in [0.4, 0.5) is 13.6 Å². The van der Waals surface area contributed by atoms with E-state index in [-0.39, 0.29) is 43.8 Å². The number of rotatable bonds is 12. The molecule has 2 aromatic heterocycles. The second kappa shape index (κ2) is 18.1. The number of carbonyl (C=O) groups is 1. The van der Waals surface area contributed by atoms with Crippen molar-refractivity contribution in [2.75, 3.05) is 13.1 Å². The van der Waals surface area contributed by atoms with Crippen LogP contribution in [0.1, 0.15) is 76.8 Å². The van der Waals surface area contributed by atoms with Crippen molar-refractivity contribution >= 4 is 6.09 Å². The summed E-state index contributed by atoms with van der Waals surface area (Å²) in [5.74, 6) is -1.07. The van der Waals surface area contributed by atoms with Crippen LogP contribution >= 0.6 is 0 Å². The van der Waals surface area contributed by atoms with E-state index in [1.165, 1.54) is 5.57 Å². The number of unbranched alkanes of at least 4 members (excludes halogenated alkanes) is 2. The van der Waals surface area contributed by atoms with Gasteiger partial charge in [-0.05, 0) is 62.1 Å². The third-order valence-corrected chi connectivity index (χ3v) is 8.37. The van der Waals surface area contributed by atoms with Crippen molar-refractivity contribution in [3.05, 3.63) is 101 Å². The summed E-state index contributed by atoms with van der Waals surface area (Å²) in [6.45, 7) is 8.84. The van der Waals surface area contributed by atoms with Gasteiger partial charge in [0.1, 0.15) is 11.5 Å². The van der Waals surface area contributed by atoms with Crippen molar-refractivity contribution in [3.8, 4) is 11.5 Å². The number of aryl methyl sites for hydroxylation is 1. The monoisotopic (exact) mass is 688 g/mol. The molecular formula is C34H46F2N6O7. The average Bonchev–Trinajstić information content (AvgIpc) is 3.02. The molecule has 6 N–H and O–H groups in total. The largest absolute Gasteiger partial charge is 0.507 e. The maximum atomic E-state index is 13.5. The number of aromatic hydroxyl groups is 1. The van der Waals surface area contributed by atoms with Crippen LogP contribution in [0.2, 0.25) is 0 Å². The van der Waals surface area contributed by atoms with Gasteiger partial charge in [0.2, 0.25) is 11.6 Å². The Balaban J connectivity index is 0.000000456. The highest BCUT2D eigenvalue weighted by Crippen LogP contribution is 2.47. The summed E-state index contributed by atoms with van der Waals surface area (Å²) in [6.07, 6.45) is 8.89. The number of nitrogens with two attached hydrogens (primary N) is 1. The molecule has 0 unspecified atom stereocenters. The van der Waals surface area contributed by atoms with Gasteiger partial charge in [-0.25, -0.2) is 14.4 Å². The summed E-state index contributed by atoms with van der Waals surface area (Å²) in [5, 5.41) is 13.7. The SMILES string of the molecule is CCCCCc1cc(O)c([C@@H]2C=C(C)CC[C@H]2C(C)C)c(OC(=O)NCCn2cc(F)c(=O)[nH]c2=O)c1.NCCn1cc(F)c(=O)[nH]c1=O. The predicted octanol–water partition coefficient (Wildman–Crippen LogP) is 3.63. The number of hydrogen-bond acceptors (Lipinski definition) is 8. The molecule has 2 heterocycles. The number of hydrogen-bond donors (Lipinski definition) is 5. The van der Waals surface area contributed by atoms with Crippen molar-refractivity contribution in [1.82, 2.24) is 24.4 Å². The Bertz CT molecular complexity index is 1860. The Morgan fingerprint density at radius 1 is 1.04 bits per heavy atom. The molecule has 1 aromatic carbocycles. The molecule has 3 aromatic rings. The van der Waals surface area contributed by atoms with Crippen LogP contribution in [-0.2, 0) is 19.5 Å².